The van der Waals surface area contributed by atoms with Gasteiger partial charge in [-0.15, -0.1) is 6.58 Å². The minimum absolute atomic E-state index is 0.150. The highest BCUT2D eigenvalue weighted by atomic mass is 32.2. The minimum Gasteiger partial charge on any atom is -0.274 e. The first-order valence-electron chi connectivity index (χ1n) is 4.56. The van der Waals surface area contributed by atoms with E-state index in [9.17, 15) is 13.2 Å². The summed E-state index contributed by atoms with van der Waals surface area (Å²) in [5.74, 6) is -0.443. The summed E-state index contributed by atoms with van der Waals surface area (Å²) in [5, 5.41) is -0.576. The van der Waals surface area contributed by atoms with Gasteiger partial charge in [-0.2, -0.15) is 0 Å². The molecule has 0 aliphatic heterocycles. The van der Waals surface area contributed by atoms with Gasteiger partial charge in [0, 0.05) is 5.92 Å². The third-order valence-corrected chi connectivity index (χ3v) is 4.07. The largest absolute Gasteiger partial charge is 0.274 e. The summed E-state index contributed by atoms with van der Waals surface area (Å²) in [4.78, 5) is 11.4. The summed E-state index contributed by atoms with van der Waals surface area (Å²) in [6, 6.07) is 0. The molecule has 1 amide bonds. The lowest BCUT2D eigenvalue weighted by atomic mass is 10.3. The van der Waals surface area contributed by atoms with Crippen molar-refractivity contribution in [1.82, 2.24) is 4.72 Å². The highest BCUT2D eigenvalue weighted by Crippen LogP contribution is 2.39. The number of allylic oxidation sites excluding steroid dienone is 1. The molecule has 0 saturated heterocycles. The maximum atomic E-state index is 11.4. The average Bonchev–Trinajstić information content (AvgIpc) is 2.81. The zero-order valence-electron chi connectivity index (χ0n) is 8.36. The normalized spacial score (nSPS) is 25.9. The Bertz CT molecular complexity index is 345. The van der Waals surface area contributed by atoms with E-state index in [2.05, 4.69) is 11.3 Å². The van der Waals surface area contributed by atoms with Gasteiger partial charge in [-0.1, -0.05) is 6.08 Å². The summed E-state index contributed by atoms with van der Waals surface area (Å²) in [6.45, 7) is 6.63. The van der Waals surface area contributed by atoms with E-state index in [4.69, 9.17) is 0 Å². The summed E-state index contributed by atoms with van der Waals surface area (Å²) >= 11 is 0. The molecule has 2 atom stereocenters. The Morgan fingerprint density at radius 1 is 1.57 bits per heavy atom. The van der Waals surface area contributed by atoms with E-state index < -0.39 is 21.2 Å². The van der Waals surface area contributed by atoms with E-state index in [1.807, 2.05) is 0 Å². The number of hydrogen-bond donors (Lipinski definition) is 1. The van der Waals surface area contributed by atoms with Crippen molar-refractivity contribution in [2.24, 2.45) is 11.8 Å². The number of sulfonamides is 1. The van der Waals surface area contributed by atoms with E-state index in [-0.39, 0.29) is 11.8 Å². The van der Waals surface area contributed by atoms with Crippen molar-refractivity contribution >= 4 is 15.9 Å². The van der Waals surface area contributed by atoms with Crippen molar-refractivity contribution in [3.8, 4) is 0 Å². The van der Waals surface area contributed by atoms with Gasteiger partial charge in [-0.3, -0.25) is 9.52 Å². The van der Waals surface area contributed by atoms with E-state index >= 15 is 0 Å². The Hall–Kier alpha value is -0.840. The van der Waals surface area contributed by atoms with Gasteiger partial charge in [0.1, 0.15) is 0 Å². The fraction of sp³-hybridized carbons (Fsp3) is 0.667. The molecule has 1 saturated carbocycles. The molecule has 0 aromatic rings. The van der Waals surface area contributed by atoms with E-state index in [0.29, 0.717) is 6.42 Å². The zero-order valence-corrected chi connectivity index (χ0v) is 9.17. The van der Waals surface area contributed by atoms with Gasteiger partial charge in [0.2, 0.25) is 15.9 Å². The molecular formula is C9H15NO3S. The molecule has 1 aliphatic carbocycles. The topological polar surface area (TPSA) is 63.2 Å². The van der Waals surface area contributed by atoms with Crippen molar-refractivity contribution in [3.63, 3.8) is 0 Å². The molecule has 1 aliphatic rings. The Kier molecular flexibility index (Phi) is 2.99. The molecular weight excluding hydrogens is 202 g/mol. The lowest BCUT2D eigenvalue weighted by Crippen LogP contribution is -2.36. The molecule has 4 nitrogen and oxygen atoms in total. The van der Waals surface area contributed by atoms with Gasteiger partial charge in [-0.25, -0.2) is 8.42 Å². The number of carbonyl (C=O) groups is 1. The predicted molar refractivity (Wildman–Crippen MR) is 54.0 cm³/mol. The average molecular weight is 217 g/mol. The molecule has 0 aromatic carbocycles. The van der Waals surface area contributed by atoms with Crippen molar-refractivity contribution in [1.29, 1.82) is 0 Å². The predicted octanol–water partition coefficient (Wildman–Crippen LogP) is 0.663. The van der Waals surface area contributed by atoms with Crippen LogP contribution in [0.1, 0.15) is 20.3 Å². The third-order valence-electron chi connectivity index (χ3n) is 2.34. The summed E-state index contributed by atoms with van der Waals surface area (Å²) in [6.07, 6.45) is 2.40. The standard InChI is InChI=1S/C9H15NO3S/c1-4-7-5-8(7)9(11)10-14(12,13)6(2)3/h4,6-8H,1,5H2,2-3H3,(H,10,11). The van der Waals surface area contributed by atoms with Gasteiger partial charge >= 0.3 is 0 Å². The van der Waals surface area contributed by atoms with Crippen LogP contribution in [0.15, 0.2) is 12.7 Å². The molecule has 0 heterocycles. The second-order valence-electron chi connectivity index (χ2n) is 3.80. The second kappa shape index (κ2) is 3.73. The maximum absolute atomic E-state index is 11.4. The molecule has 5 heteroatoms. The second-order valence-corrected chi connectivity index (χ2v) is 6.04. The van der Waals surface area contributed by atoms with Crippen LogP contribution in [0, 0.1) is 11.8 Å². The first-order chi connectivity index (χ1) is 6.38. The molecule has 1 rings (SSSR count). The molecule has 1 N–H and O–H groups in total. The fourth-order valence-electron chi connectivity index (χ4n) is 1.11. The summed E-state index contributed by atoms with van der Waals surface area (Å²) in [5.41, 5.74) is 0. The highest BCUT2D eigenvalue weighted by molar-refractivity contribution is 7.90. The van der Waals surface area contributed by atoms with Crippen molar-refractivity contribution in [2.75, 3.05) is 0 Å². The van der Waals surface area contributed by atoms with Crippen molar-refractivity contribution < 1.29 is 13.2 Å². The summed E-state index contributed by atoms with van der Waals surface area (Å²) < 4.78 is 24.7. The first kappa shape index (κ1) is 11.2. The van der Waals surface area contributed by atoms with Crippen LogP contribution in [0.2, 0.25) is 0 Å². The number of carbonyl (C=O) groups excluding carboxylic acids is 1. The SMILES string of the molecule is C=CC1CC1C(=O)NS(=O)(=O)C(C)C. The molecule has 1 fully saturated rings. The highest BCUT2D eigenvalue weighted by Gasteiger charge is 2.42. The summed E-state index contributed by atoms with van der Waals surface area (Å²) in [7, 11) is -3.47. The van der Waals surface area contributed by atoms with E-state index in [1.165, 1.54) is 13.8 Å². The first-order valence-corrected chi connectivity index (χ1v) is 6.11. The molecule has 0 spiro atoms. The lowest BCUT2D eigenvalue weighted by molar-refractivity contribution is -0.120. The Labute approximate surface area is 84.4 Å². The smallest absolute Gasteiger partial charge is 0.237 e. The van der Waals surface area contributed by atoms with Gasteiger partial charge < -0.3 is 0 Å². The van der Waals surface area contributed by atoms with Crippen LogP contribution in [0.5, 0.6) is 0 Å². The number of nitrogens with one attached hydrogen (secondary N) is 1. The maximum Gasteiger partial charge on any atom is 0.237 e. The van der Waals surface area contributed by atoms with Crippen LogP contribution >= 0.6 is 0 Å². The number of rotatable bonds is 4. The molecule has 14 heavy (non-hydrogen) atoms. The van der Waals surface area contributed by atoms with Gasteiger partial charge in [0.05, 0.1) is 5.25 Å². The Balaban J connectivity index is 2.55. The van der Waals surface area contributed by atoms with Gasteiger partial charge in [-0.05, 0) is 26.2 Å². The molecule has 2 unspecified atom stereocenters. The molecule has 0 aromatic heterocycles. The van der Waals surface area contributed by atoms with Crippen molar-refractivity contribution in [3.05, 3.63) is 12.7 Å². The minimum atomic E-state index is -3.47. The Morgan fingerprint density at radius 2 is 2.14 bits per heavy atom. The van der Waals surface area contributed by atoms with Crippen LogP contribution in [0.25, 0.3) is 0 Å². The fourth-order valence-corrected chi connectivity index (χ4v) is 1.78. The van der Waals surface area contributed by atoms with Crippen LogP contribution in [-0.2, 0) is 14.8 Å². The Morgan fingerprint density at radius 3 is 2.50 bits per heavy atom. The molecule has 0 bridgehead atoms. The molecule has 0 radical (unpaired) electrons. The van der Waals surface area contributed by atoms with Crippen LogP contribution < -0.4 is 4.72 Å². The van der Waals surface area contributed by atoms with Crippen LogP contribution in [-0.4, -0.2) is 19.6 Å². The number of amides is 1. The molecule has 80 valence electrons. The quantitative estimate of drug-likeness (QED) is 0.704. The van der Waals surface area contributed by atoms with Gasteiger partial charge in [0.15, 0.2) is 0 Å². The van der Waals surface area contributed by atoms with Gasteiger partial charge in [0.25, 0.3) is 0 Å². The van der Waals surface area contributed by atoms with E-state index in [1.54, 1.807) is 6.08 Å². The van der Waals surface area contributed by atoms with Crippen LogP contribution in [0.3, 0.4) is 0 Å². The third kappa shape index (κ3) is 2.35. The van der Waals surface area contributed by atoms with E-state index in [0.717, 1.165) is 0 Å². The monoisotopic (exact) mass is 217 g/mol. The lowest BCUT2D eigenvalue weighted by Gasteiger charge is -2.08. The zero-order chi connectivity index (χ0) is 10.9. The number of hydrogen-bond acceptors (Lipinski definition) is 3. The van der Waals surface area contributed by atoms with Crippen LogP contribution in [0.4, 0.5) is 0 Å². The van der Waals surface area contributed by atoms with Crippen molar-refractivity contribution in [2.45, 2.75) is 25.5 Å².